The van der Waals surface area contributed by atoms with Gasteiger partial charge in [0, 0.05) is 6.54 Å². The third-order valence-corrected chi connectivity index (χ3v) is 4.39. The van der Waals surface area contributed by atoms with E-state index >= 15 is 0 Å². The van der Waals surface area contributed by atoms with Crippen molar-refractivity contribution in [1.29, 1.82) is 0 Å². The predicted molar refractivity (Wildman–Crippen MR) is 75.9 cm³/mol. The molecule has 1 fully saturated rings. The molecule has 0 atom stereocenters. The Morgan fingerprint density at radius 2 is 1.81 bits per heavy atom. The molecule has 0 bridgehead atoms. The first kappa shape index (κ1) is 14.4. The van der Waals surface area contributed by atoms with Crippen LogP contribution in [0.25, 0.3) is 11.0 Å². The average molecular weight is 296 g/mol. The standard InChI is InChI=1S/C16H19F3N2/c17-16(18,19)15-20-13-8-4-5-9-14(13)21(15)11-10-12-6-2-1-3-7-12/h4-5,8-9,12H,1-3,6-7,10-11H2. The van der Waals surface area contributed by atoms with E-state index < -0.39 is 12.0 Å². The Morgan fingerprint density at radius 3 is 2.52 bits per heavy atom. The van der Waals surface area contributed by atoms with Crippen molar-refractivity contribution in [3.8, 4) is 0 Å². The number of hydrogen-bond donors (Lipinski definition) is 0. The number of halogens is 3. The van der Waals surface area contributed by atoms with Gasteiger partial charge in [-0.05, 0) is 24.5 Å². The number of alkyl halides is 3. The first-order valence-electron chi connectivity index (χ1n) is 7.58. The second kappa shape index (κ2) is 5.70. The molecule has 0 radical (unpaired) electrons. The molecule has 1 aliphatic carbocycles. The number of nitrogens with zero attached hydrogens (tertiary/aromatic N) is 2. The lowest BCUT2D eigenvalue weighted by atomic mass is 9.87. The smallest absolute Gasteiger partial charge is 0.320 e. The van der Waals surface area contributed by atoms with Crippen LogP contribution in [-0.4, -0.2) is 9.55 Å². The zero-order valence-corrected chi connectivity index (χ0v) is 11.9. The highest BCUT2D eigenvalue weighted by Gasteiger charge is 2.37. The lowest BCUT2D eigenvalue weighted by Gasteiger charge is -2.22. The van der Waals surface area contributed by atoms with Crippen molar-refractivity contribution in [3.05, 3.63) is 30.1 Å². The minimum atomic E-state index is -4.40. The van der Waals surface area contributed by atoms with Crippen LogP contribution >= 0.6 is 0 Å². The summed E-state index contributed by atoms with van der Waals surface area (Å²) in [6.45, 7) is 0.403. The summed E-state index contributed by atoms with van der Waals surface area (Å²) in [5.74, 6) is -0.208. The van der Waals surface area contributed by atoms with Crippen molar-refractivity contribution >= 4 is 11.0 Å². The fraction of sp³-hybridized carbons (Fsp3) is 0.562. The zero-order valence-electron chi connectivity index (χ0n) is 11.9. The maximum Gasteiger partial charge on any atom is 0.449 e. The molecule has 1 aliphatic rings. The second-order valence-electron chi connectivity index (χ2n) is 5.87. The molecule has 5 heteroatoms. The summed E-state index contributed by atoms with van der Waals surface area (Å²) in [6.07, 6.45) is 2.39. The Labute approximate surface area is 122 Å². The molecule has 0 spiro atoms. The molecule has 0 unspecified atom stereocenters. The summed E-state index contributed by atoms with van der Waals surface area (Å²) in [5, 5.41) is 0. The SMILES string of the molecule is FC(F)(F)c1nc2ccccc2n1CCC1CCCCC1. The lowest BCUT2D eigenvalue weighted by Crippen LogP contribution is -2.17. The first-order chi connectivity index (χ1) is 10.1. The molecule has 1 heterocycles. The van der Waals surface area contributed by atoms with E-state index in [9.17, 15) is 13.2 Å². The van der Waals surface area contributed by atoms with Gasteiger partial charge in [0.05, 0.1) is 11.0 Å². The Hall–Kier alpha value is -1.52. The van der Waals surface area contributed by atoms with E-state index in [1.807, 2.05) is 0 Å². The van der Waals surface area contributed by atoms with E-state index in [4.69, 9.17) is 0 Å². The van der Waals surface area contributed by atoms with Crippen LogP contribution in [0.5, 0.6) is 0 Å². The van der Waals surface area contributed by atoms with E-state index in [0.29, 0.717) is 23.5 Å². The van der Waals surface area contributed by atoms with Crippen molar-refractivity contribution in [3.63, 3.8) is 0 Å². The Kier molecular flexibility index (Phi) is 3.91. The third kappa shape index (κ3) is 3.06. The van der Waals surface area contributed by atoms with Gasteiger partial charge in [-0.1, -0.05) is 44.2 Å². The molecule has 21 heavy (non-hydrogen) atoms. The van der Waals surface area contributed by atoms with Crippen LogP contribution in [-0.2, 0) is 12.7 Å². The topological polar surface area (TPSA) is 17.8 Å². The van der Waals surface area contributed by atoms with Gasteiger partial charge in [-0.2, -0.15) is 13.2 Å². The summed E-state index contributed by atoms with van der Waals surface area (Å²) in [7, 11) is 0. The minimum absolute atomic E-state index is 0.403. The van der Waals surface area contributed by atoms with E-state index in [1.54, 1.807) is 24.3 Å². The van der Waals surface area contributed by atoms with Crippen LogP contribution in [0.1, 0.15) is 44.3 Å². The summed E-state index contributed by atoms with van der Waals surface area (Å²) in [5.41, 5.74) is 1.01. The monoisotopic (exact) mass is 296 g/mol. The summed E-state index contributed by atoms with van der Waals surface area (Å²) >= 11 is 0. The summed E-state index contributed by atoms with van der Waals surface area (Å²) in [4.78, 5) is 3.79. The number of para-hydroxylation sites is 2. The molecule has 3 rings (SSSR count). The molecule has 2 aromatic rings. The van der Waals surface area contributed by atoms with Gasteiger partial charge in [-0.25, -0.2) is 4.98 Å². The van der Waals surface area contributed by atoms with Gasteiger partial charge in [0.2, 0.25) is 5.82 Å². The maximum atomic E-state index is 13.2. The first-order valence-corrected chi connectivity index (χ1v) is 7.58. The molecule has 114 valence electrons. The quantitative estimate of drug-likeness (QED) is 0.777. The fourth-order valence-electron chi connectivity index (χ4n) is 3.31. The van der Waals surface area contributed by atoms with E-state index in [-0.39, 0.29) is 0 Å². The zero-order chi connectivity index (χ0) is 14.9. The molecular formula is C16H19F3N2. The van der Waals surface area contributed by atoms with Crippen LogP contribution in [0.3, 0.4) is 0 Å². The van der Waals surface area contributed by atoms with Crippen LogP contribution in [0.2, 0.25) is 0 Å². The van der Waals surface area contributed by atoms with Gasteiger partial charge in [-0.3, -0.25) is 0 Å². The van der Waals surface area contributed by atoms with Crippen LogP contribution in [0.4, 0.5) is 13.2 Å². The van der Waals surface area contributed by atoms with Gasteiger partial charge >= 0.3 is 6.18 Å². The molecule has 0 aliphatic heterocycles. The Balaban J connectivity index is 1.88. The highest BCUT2D eigenvalue weighted by atomic mass is 19.4. The molecule has 2 nitrogen and oxygen atoms in total. The fourth-order valence-corrected chi connectivity index (χ4v) is 3.31. The molecule has 0 amide bonds. The van der Waals surface area contributed by atoms with Crippen LogP contribution in [0, 0.1) is 5.92 Å². The van der Waals surface area contributed by atoms with Crippen molar-refractivity contribution in [2.45, 2.75) is 51.2 Å². The van der Waals surface area contributed by atoms with Gasteiger partial charge in [0.1, 0.15) is 0 Å². The largest absolute Gasteiger partial charge is 0.449 e. The van der Waals surface area contributed by atoms with Gasteiger partial charge in [0.15, 0.2) is 0 Å². The summed E-state index contributed by atoms with van der Waals surface area (Å²) < 4.78 is 40.9. The van der Waals surface area contributed by atoms with Crippen molar-refractivity contribution in [1.82, 2.24) is 9.55 Å². The molecular weight excluding hydrogens is 277 g/mol. The molecule has 0 N–H and O–H groups in total. The Morgan fingerprint density at radius 1 is 1.10 bits per heavy atom. The van der Waals surface area contributed by atoms with Crippen LogP contribution in [0.15, 0.2) is 24.3 Å². The van der Waals surface area contributed by atoms with Crippen molar-refractivity contribution in [2.75, 3.05) is 0 Å². The second-order valence-corrected chi connectivity index (χ2v) is 5.87. The number of rotatable bonds is 3. The molecule has 0 saturated heterocycles. The minimum Gasteiger partial charge on any atom is -0.320 e. The summed E-state index contributed by atoms with van der Waals surface area (Å²) in [6, 6.07) is 6.85. The predicted octanol–water partition coefficient (Wildman–Crippen LogP) is 5.03. The maximum absolute atomic E-state index is 13.2. The molecule has 1 aromatic carbocycles. The number of benzene rings is 1. The lowest BCUT2D eigenvalue weighted by molar-refractivity contribution is -0.147. The number of hydrogen-bond acceptors (Lipinski definition) is 1. The number of fused-ring (bicyclic) bond motifs is 1. The van der Waals surface area contributed by atoms with Gasteiger partial charge < -0.3 is 4.57 Å². The van der Waals surface area contributed by atoms with E-state index in [0.717, 1.165) is 19.3 Å². The molecule has 1 aromatic heterocycles. The van der Waals surface area contributed by atoms with Crippen molar-refractivity contribution in [2.24, 2.45) is 5.92 Å². The normalized spacial score (nSPS) is 17.5. The van der Waals surface area contributed by atoms with E-state index in [2.05, 4.69) is 4.98 Å². The number of imidazole rings is 1. The Bertz CT molecular complexity index is 609. The van der Waals surface area contributed by atoms with Crippen LogP contribution < -0.4 is 0 Å². The highest BCUT2D eigenvalue weighted by molar-refractivity contribution is 5.76. The van der Waals surface area contributed by atoms with Crippen molar-refractivity contribution < 1.29 is 13.2 Å². The van der Waals surface area contributed by atoms with Gasteiger partial charge in [0.25, 0.3) is 0 Å². The highest BCUT2D eigenvalue weighted by Crippen LogP contribution is 2.33. The third-order valence-electron chi connectivity index (χ3n) is 4.39. The number of aromatic nitrogens is 2. The number of aryl methyl sites for hydroxylation is 1. The molecule has 1 saturated carbocycles. The average Bonchev–Trinajstić information content (AvgIpc) is 2.85. The van der Waals surface area contributed by atoms with Gasteiger partial charge in [-0.15, -0.1) is 0 Å². The van der Waals surface area contributed by atoms with E-state index in [1.165, 1.54) is 23.8 Å².